The van der Waals surface area contributed by atoms with Gasteiger partial charge in [-0.1, -0.05) is 67.6 Å². The van der Waals surface area contributed by atoms with Crippen LogP contribution in [0.25, 0.3) is 0 Å². The van der Waals surface area contributed by atoms with Gasteiger partial charge in [0.05, 0.1) is 0 Å². The predicted octanol–water partition coefficient (Wildman–Crippen LogP) is 4.60. The Morgan fingerprint density at radius 3 is 1.36 bits per heavy atom. The van der Waals surface area contributed by atoms with E-state index in [4.69, 9.17) is 23.2 Å². The Balaban J connectivity index is 2.11. The zero-order valence-corrected chi connectivity index (χ0v) is 13.6. The Kier molecular flexibility index (Phi) is 5.76. The molecule has 0 saturated carbocycles. The molecule has 0 aliphatic heterocycles. The van der Waals surface area contributed by atoms with E-state index in [0.29, 0.717) is 11.1 Å². The molecule has 0 saturated heterocycles. The van der Waals surface area contributed by atoms with E-state index in [-0.39, 0.29) is 11.6 Å². The Morgan fingerprint density at radius 2 is 1.05 bits per heavy atom. The zero-order valence-electron chi connectivity index (χ0n) is 12.1. The molecule has 2 aromatic carbocycles. The number of Topliss-reactive ketones (excluding diaryl/α,β-unsaturated/α-hetero) is 2. The summed E-state index contributed by atoms with van der Waals surface area (Å²) >= 11 is 12.5. The highest BCUT2D eigenvalue weighted by Gasteiger charge is 2.33. The van der Waals surface area contributed by atoms with Crippen LogP contribution in [0, 0.1) is 5.92 Å². The summed E-state index contributed by atoms with van der Waals surface area (Å²) in [4.78, 5) is 24.7. The SMILES string of the molecule is CC(C(Cl)C(=O)c1ccccc1)C(Cl)C(=O)c1ccccc1. The fourth-order valence-corrected chi connectivity index (χ4v) is 2.77. The number of ketones is 2. The second-order valence-electron chi connectivity index (χ2n) is 5.12. The monoisotopic (exact) mass is 334 g/mol. The van der Waals surface area contributed by atoms with Crippen LogP contribution in [0.2, 0.25) is 0 Å². The standard InChI is InChI=1S/C18H16Cl2O2/c1-12(15(19)17(21)13-8-4-2-5-9-13)16(20)18(22)14-10-6-3-7-11-14/h2-12,15-16H,1H3. The summed E-state index contributed by atoms with van der Waals surface area (Å²) in [6.07, 6.45) is 0. The Bertz CT molecular complexity index is 583. The van der Waals surface area contributed by atoms with Gasteiger partial charge in [-0.2, -0.15) is 0 Å². The van der Waals surface area contributed by atoms with Crippen LogP contribution in [0.5, 0.6) is 0 Å². The van der Waals surface area contributed by atoms with Crippen LogP contribution in [0.3, 0.4) is 0 Å². The van der Waals surface area contributed by atoms with Crippen LogP contribution in [0.1, 0.15) is 27.6 Å². The van der Waals surface area contributed by atoms with Crippen molar-refractivity contribution in [2.45, 2.75) is 17.7 Å². The number of benzene rings is 2. The third-order valence-electron chi connectivity index (χ3n) is 3.54. The van der Waals surface area contributed by atoms with E-state index in [1.54, 1.807) is 55.5 Å². The maximum absolute atomic E-state index is 12.3. The van der Waals surface area contributed by atoms with Gasteiger partial charge < -0.3 is 0 Å². The largest absolute Gasteiger partial charge is 0.292 e. The van der Waals surface area contributed by atoms with Crippen LogP contribution in [-0.4, -0.2) is 22.3 Å². The fourth-order valence-electron chi connectivity index (χ4n) is 2.15. The highest BCUT2D eigenvalue weighted by atomic mass is 35.5. The first kappa shape index (κ1) is 16.7. The van der Waals surface area contributed by atoms with E-state index in [2.05, 4.69) is 0 Å². The molecule has 22 heavy (non-hydrogen) atoms. The number of alkyl halides is 2. The van der Waals surface area contributed by atoms with Crippen LogP contribution in [0.4, 0.5) is 0 Å². The molecule has 0 aliphatic carbocycles. The number of hydrogen-bond acceptors (Lipinski definition) is 2. The van der Waals surface area contributed by atoms with Crippen molar-refractivity contribution in [3.05, 3.63) is 71.8 Å². The molecule has 0 aromatic heterocycles. The smallest absolute Gasteiger partial charge is 0.181 e. The molecule has 114 valence electrons. The van der Waals surface area contributed by atoms with Crippen LogP contribution in [0.15, 0.2) is 60.7 Å². The molecule has 0 N–H and O–H groups in total. The van der Waals surface area contributed by atoms with Crippen molar-refractivity contribution in [3.63, 3.8) is 0 Å². The summed E-state index contributed by atoms with van der Waals surface area (Å²) in [5.74, 6) is -0.925. The van der Waals surface area contributed by atoms with Crippen molar-refractivity contribution in [1.82, 2.24) is 0 Å². The second kappa shape index (κ2) is 7.57. The molecule has 2 nitrogen and oxygen atoms in total. The maximum atomic E-state index is 12.3. The molecule has 0 aliphatic rings. The molecule has 4 heteroatoms. The molecule has 2 rings (SSSR count). The molecule has 2 aromatic rings. The number of carbonyl (C=O) groups is 2. The van der Waals surface area contributed by atoms with Gasteiger partial charge in [0, 0.05) is 17.0 Å². The van der Waals surface area contributed by atoms with Crippen molar-refractivity contribution in [3.8, 4) is 0 Å². The van der Waals surface area contributed by atoms with Crippen molar-refractivity contribution in [2.24, 2.45) is 5.92 Å². The molecule has 0 spiro atoms. The molecular formula is C18H16Cl2O2. The van der Waals surface area contributed by atoms with Crippen molar-refractivity contribution in [1.29, 1.82) is 0 Å². The molecule has 0 heterocycles. The lowest BCUT2D eigenvalue weighted by molar-refractivity contribution is 0.0936. The van der Waals surface area contributed by atoms with Gasteiger partial charge >= 0.3 is 0 Å². The average Bonchev–Trinajstić information content (AvgIpc) is 2.60. The van der Waals surface area contributed by atoms with E-state index < -0.39 is 16.7 Å². The minimum absolute atomic E-state index is 0.221. The highest BCUT2D eigenvalue weighted by molar-refractivity contribution is 6.38. The second-order valence-corrected chi connectivity index (χ2v) is 6.06. The summed E-state index contributed by atoms with van der Waals surface area (Å²) in [5, 5.41) is -1.70. The minimum Gasteiger partial charge on any atom is -0.292 e. The highest BCUT2D eigenvalue weighted by Crippen LogP contribution is 2.25. The summed E-state index contributed by atoms with van der Waals surface area (Å²) in [6.45, 7) is 1.72. The Morgan fingerprint density at radius 1 is 0.727 bits per heavy atom. The average molecular weight is 335 g/mol. The number of hydrogen-bond donors (Lipinski definition) is 0. The minimum atomic E-state index is -0.849. The molecule has 2 atom stereocenters. The maximum Gasteiger partial charge on any atom is 0.181 e. The zero-order chi connectivity index (χ0) is 16.1. The van der Waals surface area contributed by atoms with Gasteiger partial charge in [0.1, 0.15) is 10.8 Å². The van der Waals surface area contributed by atoms with Crippen molar-refractivity contribution in [2.75, 3.05) is 0 Å². The summed E-state index contributed by atoms with van der Waals surface area (Å²) in [7, 11) is 0. The summed E-state index contributed by atoms with van der Waals surface area (Å²) in [5.41, 5.74) is 1.04. The molecule has 2 unspecified atom stereocenters. The molecule has 0 amide bonds. The third-order valence-corrected chi connectivity index (χ3v) is 4.73. The van der Waals surface area contributed by atoms with Gasteiger partial charge in [-0.25, -0.2) is 0 Å². The molecule has 0 radical (unpaired) electrons. The van der Waals surface area contributed by atoms with Gasteiger partial charge in [0.2, 0.25) is 0 Å². The fraction of sp³-hybridized carbons (Fsp3) is 0.222. The van der Waals surface area contributed by atoms with Crippen LogP contribution < -0.4 is 0 Å². The van der Waals surface area contributed by atoms with Gasteiger partial charge in [-0.05, 0) is 0 Å². The van der Waals surface area contributed by atoms with E-state index in [1.165, 1.54) is 0 Å². The Labute approximate surface area is 140 Å². The van der Waals surface area contributed by atoms with E-state index >= 15 is 0 Å². The van der Waals surface area contributed by atoms with Crippen molar-refractivity contribution >= 4 is 34.8 Å². The lowest BCUT2D eigenvalue weighted by Crippen LogP contribution is -2.33. The summed E-state index contributed by atoms with van der Waals surface area (Å²) < 4.78 is 0. The van der Waals surface area contributed by atoms with Gasteiger partial charge in [-0.3, -0.25) is 9.59 Å². The number of carbonyl (C=O) groups excluding carboxylic acids is 2. The number of halogens is 2. The molecule has 0 bridgehead atoms. The quantitative estimate of drug-likeness (QED) is 0.571. The van der Waals surface area contributed by atoms with Crippen molar-refractivity contribution < 1.29 is 9.59 Å². The first-order chi connectivity index (χ1) is 10.5. The predicted molar refractivity (Wildman–Crippen MR) is 90.0 cm³/mol. The normalized spacial score (nSPS) is 14.9. The van der Waals surface area contributed by atoms with E-state index in [1.807, 2.05) is 12.1 Å². The van der Waals surface area contributed by atoms with Crippen LogP contribution in [-0.2, 0) is 0 Å². The Hall–Kier alpha value is -1.64. The van der Waals surface area contributed by atoms with Gasteiger partial charge in [0.15, 0.2) is 11.6 Å². The lowest BCUT2D eigenvalue weighted by atomic mass is 9.92. The topological polar surface area (TPSA) is 34.1 Å². The first-order valence-corrected chi connectivity index (χ1v) is 7.86. The van der Waals surface area contributed by atoms with Gasteiger partial charge in [0.25, 0.3) is 0 Å². The molecule has 0 fully saturated rings. The third kappa shape index (κ3) is 3.76. The van der Waals surface area contributed by atoms with E-state index in [0.717, 1.165) is 0 Å². The lowest BCUT2D eigenvalue weighted by Gasteiger charge is -2.21. The van der Waals surface area contributed by atoms with E-state index in [9.17, 15) is 9.59 Å². The number of rotatable bonds is 6. The van der Waals surface area contributed by atoms with Crippen LogP contribution >= 0.6 is 23.2 Å². The summed E-state index contributed by atoms with van der Waals surface area (Å²) in [6, 6.07) is 17.5. The molecular weight excluding hydrogens is 319 g/mol. The van der Waals surface area contributed by atoms with Gasteiger partial charge in [-0.15, -0.1) is 23.2 Å². The first-order valence-electron chi connectivity index (χ1n) is 6.99.